The Kier molecular flexibility index (Phi) is 2.85. The molecule has 3 rings (SSSR count). The summed E-state index contributed by atoms with van der Waals surface area (Å²) in [7, 11) is 10.5. The molecule has 0 fully saturated rings. The highest BCUT2D eigenvalue weighted by atomic mass is 15.1. The third-order valence-corrected chi connectivity index (χ3v) is 4.01. The maximum absolute atomic E-state index is 2.27. The average molecular weight is 267 g/mol. The van der Waals surface area contributed by atoms with E-state index in [0.29, 0.717) is 0 Å². The van der Waals surface area contributed by atoms with Gasteiger partial charge in [0.15, 0.2) is 0 Å². The van der Waals surface area contributed by atoms with Crippen molar-refractivity contribution in [2.75, 3.05) is 38.0 Å². The molecule has 0 aliphatic rings. The molecule has 0 unspecified atom stereocenters. The van der Waals surface area contributed by atoms with E-state index in [4.69, 9.17) is 0 Å². The SMILES string of the molecule is CN(C)c1ccc2c(c1)c1cc(N(C)C)ccc1n2C. The van der Waals surface area contributed by atoms with E-state index in [0.717, 1.165) is 0 Å². The minimum absolute atomic E-state index is 1.24. The molecule has 0 spiro atoms. The molecule has 2 aromatic carbocycles. The number of benzene rings is 2. The molecular formula is C17H21N3. The molecule has 1 aromatic heterocycles. The summed E-state index contributed by atoms with van der Waals surface area (Å²) in [5, 5.41) is 2.63. The van der Waals surface area contributed by atoms with Crippen LogP contribution in [0.25, 0.3) is 21.8 Å². The highest BCUT2D eigenvalue weighted by Gasteiger charge is 2.10. The number of nitrogens with zero attached hydrogens (tertiary/aromatic N) is 3. The summed E-state index contributed by atoms with van der Waals surface area (Å²) in [4.78, 5) is 4.29. The van der Waals surface area contributed by atoms with Gasteiger partial charge < -0.3 is 14.4 Å². The predicted molar refractivity (Wildman–Crippen MR) is 89.1 cm³/mol. The van der Waals surface area contributed by atoms with Gasteiger partial charge in [0.1, 0.15) is 0 Å². The van der Waals surface area contributed by atoms with Crippen LogP contribution in [0.2, 0.25) is 0 Å². The van der Waals surface area contributed by atoms with Crippen molar-refractivity contribution in [3.8, 4) is 0 Å². The van der Waals surface area contributed by atoms with Crippen molar-refractivity contribution in [2.24, 2.45) is 7.05 Å². The smallest absolute Gasteiger partial charge is 0.0490 e. The molecule has 3 nitrogen and oxygen atoms in total. The third-order valence-electron chi connectivity index (χ3n) is 4.01. The molecule has 0 saturated carbocycles. The molecule has 20 heavy (non-hydrogen) atoms. The molecule has 3 heteroatoms. The van der Waals surface area contributed by atoms with Crippen LogP contribution < -0.4 is 9.80 Å². The van der Waals surface area contributed by atoms with Gasteiger partial charge in [-0.1, -0.05) is 0 Å². The molecular weight excluding hydrogens is 246 g/mol. The Morgan fingerprint density at radius 1 is 0.700 bits per heavy atom. The van der Waals surface area contributed by atoms with Gasteiger partial charge in [-0.05, 0) is 36.4 Å². The lowest BCUT2D eigenvalue weighted by Gasteiger charge is -2.13. The highest BCUT2D eigenvalue weighted by Crippen LogP contribution is 2.33. The van der Waals surface area contributed by atoms with Gasteiger partial charge in [-0.2, -0.15) is 0 Å². The number of hydrogen-bond acceptors (Lipinski definition) is 2. The first-order valence-electron chi connectivity index (χ1n) is 6.86. The normalized spacial score (nSPS) is 11.2. The molecule has 0 bridgehead atoms. The maximum Gasteiger partial charge on any atom is 0.0490 e. The van der Waals surface area contributed by atoms with E-state index >= 15 is 0 Å². The van der Waals surface area contributed by atoms with Crippen LogP contribution in [0.5, 0.6) is 0 Å². The standard InChI is InChI=1S/C17H21N3/c1-18(2)12-6-8-16-14(10-12)15-11-13(19(3)4)7-9-17(15)20(16)5/h6-11H,1-5H3. The Bertz CT molecular complexity index is 716. The zero-order valence-corrected chi connectivity index (χ0v) is 12.8. The lowest BCUT2D eigenvalue weighted by atomic mass is 10.1. The van der Waals surface area contributed by atoms with Crippen molar-refractivity contribution in [3.05, 3.63) is 36.4 Å². The molecule has 0 N–H and O–H groups in total. The second kappa shape index (κ2) is 4.44. The quantitative estimate of drug-likeness (QED) is 0.704. The molecule has 0 aliphatic carbocycles. The van der Waals surface area contributed by atoms with Crippen molar-refractivity contribution >= 4 is 33.2 Å². The Hall–Kier alpha value is -2.16. The summed E-state index contributed by atoms with van der Waals surface area (Å²) in [6.07, 6.45) is 0. The van der Waals surface area contributed by atoms with Crippen LogP contribution in [-0.4, -0.2) is 32.8 Å². The number of aryl methyl sites for hydroxylation is 1. The van der Waals surface area contributed by atoms with Crippen molar-refractivity contribution < 1.29 is 0 Å². The van der Waals surface area contributed by atoms with E-state index in [2.05, 4.69) is 86.0 Å². The lowest BCUT2D eigenvalue weighted by Crippen LogP contribution is -2.08. The van der Waals surface area contributed by atoms with E-state index < -0.39 is 0 Å². The number of anilines is 2. The number of rotatable bonds is 2. The first-order chi connectivity index (χ1) is 9.49. The van der Waals surface area contributed by atoms with Gasteiger partial charge in [-0.15, -0.1) is 0 Å². The van der Waals surface area contributed by atoms with Gasteiger partial charge in [0.2, 0.25) is 0 Å². The van der Waals surface area contributed by atoms with Gasteiger partial charge >= 0.3 is 0 Å². The van der Waals surface area contributed by atoms with Gasteiger partial charge in [0.25, 0.3) is 0 Å². The van der Waals surface area contributed by atoms with E-state index in [1.165, 1.54) is 33.2 Å². The average Bonchev–Trinajstić information content (AvgIpc) is 2.71. The summed E-state index contributed by atoms with van der Waals surface area (Å²) >= 11 is 0. The summed E-state index contributed by atoms with van der Waals surface area (Å²) < 4.78 is 2.27. The summed E-state index contributed by atoms with van der Waals surface area (Å²) in [6, 6.07) is 13.3. The molecule has 104 valence electrons. The monoisotopic (exact) mass is 267 g/mol. The Morgan fingerprint density at radius 2 is 1.10 bits per heavy atom. The molecule has 0 saturated heterocycles. The zero-order valence-electron chi connectivity index (χ0n) is 12.8. The summed E-state index contributed by atoms with van der Waals surface area (Å²) in [6.45, 7) is 0. The summed E-state index contributed by atoms with van der Waals surface area (Å²) in [5.74, 6) is 0. The Morgan fingerprint density at radius 3 is 1.45 bits per heavy atom. The fourth-order valence-corrected chi connectivity index (χ4v) is 2.75. The van der Waals surface area contributed by atoms with Crippen molar-refractivity contribution in [1.29, 1.82) is 0 Å². The number of hydrogen-bond donors (Lipinski definition) is 0. The van der Waals surface area contributed by atoms with Crippen LogP contribution in [0.3, 0.4) is 0 Å². The molecule has 0 amide bonds. The summed E-state index contributed by atoms with van der Waals surface area (Å²) in [5.41, 5.74) is 5.03. The van der Waals surface area contributed by atoms with Gasteiger partial charge in [-0.3, -0.25) is 0 Å². The van der Waals surface area contributed by atoms with Crippen molar-refractivity contribution in [3.63, 3.8) is 0 Å². The van der Waals surface area contributed by atoms with Gasteiger partial charge in [0.05, 0.1) is 0 Å². The number of fused-ring (bicyclic) bond motifs is 3. The topological polar surface area (TPSA) is 11.4 Å². The first-order valence-corrected chi connectivity index (χ1v) is 6.86. The van der Waals surface area contributed by atoms with Crippen LogP contribution in [0.1, 0.15) is 0 Å². The van der Waals surface area contributed by atoms with Crippen molar-refractivity contribution in [2.45, 2.75) is 0 Å². The Balaban J connectivity index is 2.38. The van der Waals surface area contributed by atoms with E-state index in [-0.39, 0.29) is 0 Å². The molecule has 0 aliphatic heterocycles. The minimum Gasteiger partial charge on any atom is -0.378 e. The van der Waals surface area contributed by atoms with Crippen LogP contribution in [-0.2, 0) is 7.05 Å². The Labute approximate surface area is 120 Å². The second-order valence-electron chi connectivity index (χ2n) is 5.75. The largest absolute Gasteiger partial charge is 0.378 e. The van der Waals surface area contributed by atoms with Crippen LogP contribution in [0, 0.1) is 0 Å². The fourth-order valence-electron chi connectivity index (χ4n) is 2.75. The minimum atomic E-state index is 1.24. The van der Waals surface area contributed by atoms with E-state index in [9.17, 15) is 0 Å². The molecule has 0 radical (unpaired) electrons. The van der Waals surface area contributed by atoms with Crippen LogP contribution >= 0.6 is 0 Å². The van der Waals surface area contributed by atoms with E-state index in [1.807, 2.05) is 0 Å². The first kappa shape index (κ1) is 12.9. The van der Waals surface area contributed by atoms with Crippen LogP contribution in [0.4, 0.5) is 11.4 Å². The highest BCUT2D eigenvalue weighted by molar-refractivity contribution is 6.10. The lowest BCUT2D eigenvalue weighted by molar-refractivity contribution is 1.01. The van der Waals surface area contributed by atoms with Gasteiger partial charge in [0, 0.05) is 68.4 Å². The third kappa shape index (κ3) is 1.82. The van der Waals surface area contributed by atoms with Crippen molar-refractivity contribution in [1.82, 2.24) is 4.57 Å². The second-order valence-corrected chi connectivity index (χ2v) is 5.75. The van der Waals surface area contributed by atoms with Gasteiger partial charge in [-0.25, -0.2) is 0 Å². The molecule has 1 heterocycles. The zero-order chi connectivity index (χ0) is 14.4. The molecule has 3 aromatic rings. The van der Waals surface area contributed by atoms with E-state index in [1.54, 1.807) is 0 Å². The maximum atomic E-state index is 2.27. The predicted octanol–water partition coefficient (Wildman–Crippen LogP) is 3.46. The van der Waals surface area contributed by atoms with Crippen LogP contribution in [0.15, 0.2) is 36.4 Å². The molecule has 0 atom stereocenters. The fraction of sp³-hybridized carbons (Fsp3) is 0.294. The number of aromatic nitrogens is 1.